The van der Waals surface area contributed by atoms with E-state index < -0.39 is 11.9 Å². The maximum absolute atomic E-state index is 11.0. The van der Waals surface area contributed by atoms with E-state index in [0.29, 0.717) is 12.2 Å². The molecule has 0 N–H and O–H groups in total. The highest BCUT2D eigenvalue weighted by Gasteiger charge is 1.98. The van der Waals surface area contributed by atoms with Crippen LogP contribution in [0.3, 0.4) is 0 Å². The minimum atomic E-state index is -0.433. The van der Waals surface area contributed by atoms with Crippen LogP contribution in [0.15, 0.2) is 24.2 Å². The van der Waals surface area contributed by atoms with Gasteiger partial charge in [-0.25, -0.2) is 0 Å². The van der Waals surface area contributed by atoms with Gasteiger partial charge in [0.25, 0.3) is 0 Å². The zero-order chi connectivity index (χ0) is 16.6. The van der Waals surface area contributed by atoms with Crippen molar-refractivity contribution in [3.05, 3.63) is 24.2 Å². The van der Waals surface area contributed by atoms with Crippen LogP contribution in [0.5, 0.6) is 0 Å². The number of unbranched alkanes of at least 4 members (excludes halogenated alkanes) is 3. The zero-order valence-corrected chi connectivity index (χ0v) is 13.4. The highest BCUT2D eigenvalue weighted by Crippen LogP contribution is 2.06. The fraction of sp³-hybridized carbons (Fsp3) is 0.444. The number of carbonyl (C=O) groups excluding carboxylic acids is 2. The topological polar surface area (TPSA) is 52.6 Å². The summed E-state index contributed by atoms with van der Waals surface area (Å²) in [5.74, 6) is 11.0. The Morgan fingerprint density at radius 3 is 2.32 bits per heavy atom. The molecule has 0 radical (unpaired) electrons. The molecule has 4 nitrogen and oxygen atoms in total. The highest BCUT2D eigenvalue weighted by atomic mass is 16.5. The van der Waals surface area contributed by atoms with E-state index in [4.69, 9.17) is 4.74 Å². The summed E-state index contributed by atoms with van der Waals surface area (Å²) < 4.78 is 9.65. The third kappa shape index (κ3) is 14.0. The van der Waals surface area contributed by atoms with Gasteiger partial charge in [0, 0.05) is 32.8 Å². The average Bonchev–Trinajstić information content (AvgIpc) is 2.44. The summed E-state index contributed by atoms with van der Waals surface area (Å²) in [6.45, 7) is 4.68. The Hall–Kier alpha value is -2.46. The fourth-order valence-corrected chi connectivity index (χ4v) is 1.28. The summed E-state index contributed by atoms with van der Waals surface area (Å²) in [4.78, 5) is 21.6. The molecule has 0 saturated heterocycles. The van der Waals surface area contributed by atoms with Crippen molar-refractivity contribution in [2.45, 2.75) is 52.9 Å². The molecule has 118 valence electrons. The van der Waals surface area contributed by atoms with E-state index in [9.17, 15) is 9.59 Å². The van der Waals surface area contributed by atoms with Gasteiger partial charge in [0.1, 0.15) is 5.76 Å². The minimum Gasteiger partial charge on any atom is -0.435 e. The molecule has 0 aromatic rings. The van der Waals surface area contributed by atoms with Crippen LogP contribution in [0.1, 0.15) is 52.9 Å². The van der Waals surface area contributed by atoms with Crippen LogP contribution >= 0.6 is 0 Å². The van der Waals surface area contributed by atoms with Gasteiger partial charge in [-0.05, 0) is 37.2 Å². The van der Waals surface area contributed by atoms with Crippen molar-refractivity contribution in [1.82, 2.24) is 0 Å². The number of hydrogen-bond acceptors (Lipinski definition) is 4. The number of rotatable bonds is 7. The fourth-order valence-electron chi connectivity index (χ4n) is 1.28. The van der Waals surface area contributed by atoms with Gasteiger partial charge in [-0.2, -0.15) is 0 Å². The van der Waals surface area contributed by atoms with Gasteiger partial charge in [0.15, 0.2) is 0 Å². The first-order valence-electron chi connectivity index (χ1n) is 7.24. The first kappa shape index (κ1) is 19.5. The second kappa shape index (κ2) is 13.5. The Morgan fingerprint density at radius 1 is 1.05 bits per heavy atom. The van der Waals surface area contributed by atoms with Crippen LogP contribution in [-0.4, -0.2) is 11.9 Å². The van der Waals surface area contributed by atoms with Crippen molar-refractivity contribution in [2.75, 3.05) is 0 Å². The molecule has 0 spiro atoms. The van der Waals surface area contributed by atoms with Gasteiger partial charge < -0.3 is 9.47 Å². The van der Waals surface area contributed by atoms with E-state index >= 15 is 0 Å². The quantitative estimate of drug-likeness (QED) is 0.237. The predicted octanol–water partition coefficient (Wildman–Crippen LogP) is 3.49. The predicted molar refractivity (Wildman–Crippen MR) is 85.1 cm³/mol. The molecule has 0 aliphatic heterocycles. The van der Waals surface area contributed by atoms with Gasteiger partial charge >= 0.3 is 11.9 Å². The van der Waals surface area contributed by atoms with E-state index in [1.807, 2.05) is 0 Å². The summed E-state index contributed by atoms with van der Waals surface area (Å²) >= 11 is 0. The highest BCUT2D eigenvalue weighted by molar-refractivity contribution is 5.68. The van der Waals surface area contributed by atoms with E-state index in [1.165, 1.54) is 26.2 Å². The number of ether oxygens (including phenoxy) is 2. The van der Waals surface area contributed by atoms with Crippen molar-refractivity contribution in [1.29, 1.82) is 0 Å². The molecule has 0 saturated carbocycles. The molecule has 0 atom stereocenters. The van der Waals surface area contributed by atoms with Gasteiger partial charge in [-0.3, -0.25) is 9.59 Å². The summed E-state index contributed by atoms with van der Waals surface area (Å²) in [5, 5.41) is 0. The maximum atomic E-state index is 11.0. The third-order valence-corrected chi connectivity index (χ3v) is 2.19. The largest absolute Gasteiger partial charge is 0.435 e. The zero-order valence-electron chi connectivity index (χ0n) is 13.4. The maximum Gasteiger partial charge on any atom is 0.308 e. The Labute approximate surface area is 132 Å². The smallest absolute Gasteiger partial charge is 0.308 e. The monoisotopic (exact) mass is 302 g/mol. The second-order valence-corrected chi connectivity index (χ2v) is 4.36. The first-order valence-corrected chi connectivity index (χ1v) is 7.24. The molecular formula is C18H22O4. The summed E-state index contributed by atoms with van der Waals surface area (Å²) in [7, 11) is 0. The van der Waals surface area contributed by atoms with E-state index in [-0.39, 0.29) is 0 Å². The van der Waals surface area contributed by atoms with Gasteiger partial charge in [0.2, 0.25) is 0 Å². The van der Waals surface area contributed by atoms with Crippen LogP contribution in [0.25, 0.3) is 0 Å². The lowest BCUT2D eigenvalue weighted by Gasteiger charge is -2.01. The van der Waals surface area contributed by atoms with Crippen LogP contribution in [-0.2, 0) is 19.1 Å². The molecule has 0 rings (SSSR count). The Bertz CT molecular complexity index is 533. The summed E-state index contributed by atoms with van der Waals surface area (Å²) in [5.41, 5.74) is 0. The summed E-state index contributed by atoms with van der Waals surface area (Å²) in [6, 6.07) is 0. The van der Waals surface area contributed by atoms with Crippen molar-refractivity contribution in [3.8, 4) is 23.7 Å². The minimum absolute atomic E-state index is 0.351. The molecule has 0 aliphatic rings. The molecule has 0 aliphatic carbocycles. The number of allylic oxidation sites excluding steroid dienone is 2. The van der Waals surface area contributed by atoms with Crippen molar-refractivity contribution >= 4 is 11.9 Å². The van der Waals surface area contributed by atoms with E-state index in [0.717, 1.165) is 25.7 Å². The molecule has 0 fully saturated rings. The van der Waals surface area contributed by atoms with Crippen molar-refractivity contribution < 1.29 is 19.1 Å². The van der Waals surface area contributed by atoms with Crippen LogP contribution in [0.2, 0.25) is 0 Å². The van der Waals surface area contributed by atoms with Gasteiger partial charge in [-0.1, -0.05) is 18.8 Å². The lowest BCUT2D eigenvalue weighted by molar-refractivity contribution is -0.136. The summed E-state index contributed by atoms with van der Waals surface area (Å²) in [6.07, 6.45) is 8.55. The van der Waals surface area contributed by atoms with Crippen LogP contribution in [0.4, 0.5) is 0 Å². The molecule has 22 heavy (non-hydrogen) atoms. The SMILES string of the molecule is CCCC#CC#CCCCC=C(C=COC(C)=O)OC(C)=O. The molecule has 0 amide bonds. The van der Waals surface area contributed by atoms with E-state index in [1.54, 1.807) is 6.08 Å². The Morgan fingerprint density at radius 2 is 1.73 bits per heavy atom. The molecule has 0 aromatic carbocycles. The standard InChI is InChI=1S/C18H22O4/c1-4-5-6-7-8-9-10-11-12-13-18(22-17(3)20)14-15-21-16(2)19/h13-15H,4-5,10-12H2,1-3H3. The number of hydrogen-bond donors (Lipinski definition) is 0. The normalized spacial score (nSPS) is 10.2. The molecule has 0 bridgehead atoms. The molecule has 4 heteroatoms. The molecule has 0 heterocycles. The van der Waals surface area contributed by atoms with E-state index in [2.05, 4.69) is 35.3 Å². The molecule has 0 aromatic heterocycles. The lowest BCUT2D eigenvalue weighted by atomic mass is 10.2. The Balaban J connectivity index is 4.25. The van der Waals surface area contributed by atoms with Crippen molar-refractivity contribution in [2.24, 2.45) is 0 Å². The van der Waals surface area contributed by atoms with Gasteiger partial charge in [-0.15, -0.1) is 0 Å². The van der Waals surface area contributed by atoms with Crippen LogP contribution < -0.4 is 0 Å². The Kier molecular flexibility index (Phi) is 12.0. The lowest BCUT2D eigenvalue weighted by Crippen LogP contribution is -1.98. The molecule has 0 unspecified atom stereocenters. The van der Waals surface area contributed by atoms with Crippen molar-refractivity contribution in [3.63, 3.8) is 0 Å². The average molecular weight is 302 g/mol. The third-order valence-electron chi connectivity index (χ3n) is 2.19. The first-order chi connectivity index (χ1) is 10.6. The van der Waals surface area contributed by atoms with Crippen LogP contribution in [0, 0.1) is 23.7 Å². The van der Waals surface area contributed by atoms with Gasteiger partial charge in [0.05, 0.1) is 6.26 Å². The number of carbonyl (C=O) groups is 2. The molecular weight excluding hydrogens is 280 g/mol. The number of esters is 2. The second-order valence-electron chi connectivity index (χ2n) is 4.36.